The highest BCUT2D eigenvalue weighted by atomic mass is 16.5. The van der Waals surface area contributed by atoms with Crippen LogP contribution in [0.4, 0.5) is 0 Å². The Hall–Kier alpha value is -1.81. The molecule has 1 heterocycles. The molecule has 0 bridgehead atoms. The molecule has 90 valence electrons. The first-order chi connectivity index (χ1) is 8.30. The molecule has 0 fully saturated rings. The molecule has 4 heteroatoms. The zero-order valence-corrected chi connectivity index (χ0v) is 10.1. The quantitative estimate of drug-likeness (QED) is 0.872. The highest BCUT2D eigenvalue weighted by Crippen LogP contribution is 2.31. The maximum Gasteiger partial charge on any atom is 0.145 e. The molecule has 0 saturated carbocycles. The molecule has 0 saturated heterocycles. The zero-order valence-electron chi connectivity index (χ0n) is 10.1. The third-order valence-electron chi connectivity index (χ3n) is 2.68. The summed E-state index contributed by atoms with van der Waals surface area (Å²) in [5.41, 5.74) is 7.32. The summed E-state index contributed by atoms with van der Waals surface area (Å²) in [5.74, 6) is 1.55. The lowest BCUT2D eigenvalue weighted by Crippen LogP contribution is -2.04. The Kier molecular flexibility index (Phi) is 3.44. The molecule has 2 rings (SSSR count). The maximum absolute atomic E-state index is 5.54. The van der Waals surface area contributed by atoms with Crippen molar-refractivity contribution in [2.24, 2.45) is 5.73 Å². The number of ether oxygens (including phenoxy) is 2. The number of pyridine rings is 1. The van der Waals surface area contributed by atoms with Crippen molar-refractivity contribution < 1.29 is 9.47 Å². The fraction of sp³-hybridized carbons (Fsp3) is 0.308. The van der Waals surface area contributed by atoms with Gasteiger partial charge in [0.2, 0.25) is 0 Å². The Balaban J connectivity index is 2.64. The van der Waals surface area contributed by atoms with Gasteiger partial charge in [-0.05, 0) is 30.8 Å². The van der Waals surface area contributed by atoms with Crippen molar-refractivity contribution in [1.82, 2.24) is 4.98 Å². The van der Waals surface area contributed by atoms with E-state index in [0.717, 1.165) is 34.5 Å². The molecule has 0 radical (unpaired) electrons. The number of fused-ring (bicyclic) bond motifs is 1. The highest BCUT2D eigenvalue weighted by Gasteiger charge is 2.09. The molecule has 0 atom stereocenters. The van der Waals surface area contributed by atoms with Crippen molar-refractivity contribution >= 4 is 10.9 Å². The molecule has 1 aromatic heterocycles. The van der Waals surface area contributed by atoms with Gasteiger partial charge in [0.1, 0.15) is 17.0 Å². The van der Waals surface area contributed by atoms with Gasteiger partial charge in [-0.1, -0.05) is 0 Å². The van der Waals surface area contributed by atoms with Crippen LogP contribution in [0.1, 0.15) is 5.69 Å². The van der Waals surface area contributed by atoms with E-state index in [2.05, 4.69) is 4.98 Å². The summed E-state index contributed by atoms with van der Waals surface area (Å²) in [6.45, 7) is 0.588. The summed E-state index contributed by atoms with van der Waals surface area (Å²) in [6, 6.07) is 7.71. The molecular formula is C13H16N2O2. The lowest BCUT2D eigenvalue weighted by atomic mass is 10.1. The van der Waals surface area contributed by atoms with Gasteiger partial charge < -0.3 is 15.2 Å². The van der Waals surface area contributed by atoms with E-state index in [1.54, 1.807) is 14.2 Å². The van der Waals surface area contributed by atoms with Crippen molar-refractivity contribution in [3.05, 3.63) is 30.0 Å². The van der Waals surface area contributed by atoms with Crippen LogP contribution in [0, 0.1) is 0 Å². The van der Waals surface area contributed by atoms with E-state index in [9.17, 15) is 0 Å². The molecule has 17 heavy (non-hydrogen) atoms. The summed E-state index contributed by atoms with van der Waals surface area (Å²) in [4.78, 5) is 4.56. The van der Waals surface area contributed by atoms with Gasteiger partial charge in [0.15, 0.2) is 0 Å². The number of methoxy groups -OCH3 is 2. The van der Waals surface area contributed by atoms with Gasteiger partial charge in [-0.3, -0.25) is 0 Å². The van der Waals surface area contributed by atoms with Gasteiger partial charge in [-0.2, -0.15) is 0 Å². The molecule has 0 aliphatic heterocycles. The third-order valence-corrected chi connectivity index (χ3v) is 2.68. The van der Waals surface area contributed by atoms with Gasteiger partial charge in [0.25, 0.3) is 0 Å². The molecule has 0 amide bonds. The first-order valence-corrected chi connectivity index (χ1v) is 5.51. The minimum Gasteiger partial charge on any atom is -0.496 e. The fourth-order valence-electron chi connectivity index (χ4n) is 1.84. The second kappa shape index (κ2) is 5.01. The van der Waals surface area contributed by atoms with E-state index < -0.39 is 0 Å². The molecule has 0 aliphatic carbocycles. The number of rotatable bonds is 4. The Labute approximate surface area is 100 Å². The van der Waals surface area contributed by atoms with Gasteiger partial charge in [0.05, 0.1) is 14.2 Å². The van der Waals surface area contributed by atoms with Crippen LogP contribution >= 0.6 is 0 Å². The van der Waals surface area contributed by atoms with E-state index in [4.69, 9.17) is 15.2 Å². The number of nitrogens with two attached hydrogens (primary N) is 1. The molecule has 2 N–H and O–H groups in total. The molecular weight excluding hydrogens is 216 g/mol. The first-order valence-electron chi connectivity index (χ1n) is 5.51. The summed E-state index contributed by atoms with van der Waals surface area (Å²) in [7, 11) is 3.29. The molecule has 2 aromatic rings. The van der Waals surface area contributed by atoms with Crippen LogP contribution in [0.5, 0.6) is 11.5 Å². The van der Waals surface area contributed by atoms with E-state index in [1.165, 1.54) is 0 Å². The Morgan fingerprint density at radius 1 is 1.06 bits per heavy atom. The average molecular weight is 232 g/mol. The largest absolute Gasteiger partial charge is 0.496 e. The minimum absolute atomic E-state index is 0.588. The summed E-state index contributed by atoms with van der Waals surface area (Å²) in [5, 5.41) is 0.952. The van der Waals surface area contributed by atoms with Crippen LogP contribution in [-0.2, 0) is 6.42 Å². The predicted octanol–water partition coefficient (Wildman–Crippen LogP) is 1.75. The third kappa shape index (κ3) is 2.17. The van der Waals surface area contributed by atoms with Crippen molar-refractivity contribution in [2.45, 2.75) is 6.42 Å². The second-order valence-corrected chi connectivity index (χ2v) is 3.71. The molecule has 0 unspecified atom stereocenters. The molecule has 4 nitrogen and oxygen atoms in total. The number of nitrogens with zero attached hydrogens (tertiary/aromatic N) is 1. The van der Waals surface area contributed by atoms with Crippen LogP contribution < -0.4 is 15.2 Å². The van der Waals surface area contributed by atoms with Crippen LogP contribution in [0.2, 0.25) is 0 Å². The van der Waals surface area contributed by atoms with Gasteiger partial charge >= 0.3 is 0 Å². The number of aromatic nitrogens is 1. The maximum atomic E-state index is 5.54. The first kappa shape index (κ1) is 11.7. The zero-order chi connectivity index (χ0) is 12.3. The second-order valence-electron chi connectivity index (χ2n) is 3.71. The number of hydrogen-bond donors (Lipinski definition) is 1. The number of hydrogen-bond acceptors (Lipinski definition) is 4. The standard InChI is InChI=1S/C13H16N2O2/c1-16-11-5-6-12(17-2)13-10(11)4-3-9(15-13)7-8-14/h3-6H,7-8,14H2,1-2H3. The Morgan fingerprint density at radius 3 is 2.41 bits per heavy atom. The summed E-state index contributed by atoms with van der Waals surface area (Å²) in [6.07, 6.45) is 0.760. The van der Waals surface area contributed by atoms with Gasteiger partial charge in [-0.25, -0.2) is 4.98 Å². The van der Waals surface area contributed by atoms with Crippen molar-refractivity contribution in [2.75, 3.05) is 20.8 Å². The van der Waals surface area contributed by atoms with E-state index in [1.807, 2.05) is 24.3 Å². The molecule has 0 spiro atoms. The smallest absolute Gasteiger partial charge is 0.145 e. The lowest BCUT2D eigenvalue weighted by Gasteiger charge is -2.10. The van der Waals surface area contributed by atoms with Crippen molar-refractivity contribution in [3.63, 3.8) is 0 Å². The van der Waals surface area contributed by atoms with Crippen LogP contribution in [0.3, 0.4) is 0 Å². The number of benzene rings is 1. The van der Waals surface area contributed by atoms with E-state index in [-0.39, 0.29) is 0 Å². The summed E-state index contributed by atoms with van der Waals surface area (Å²) >= 11 is 0. The van der Waals surface area contributed by atoms with E-state index in [0.29, 0.717) is 6.54 Å². The fourth-order valence-corrected chi connectivity index (χ4v) is 1.84. The topological polar surface area (TPSA) is 57.4 Å². The van der Waals surface area contributed by atoms with Crippen LogP contribution in [-0.4, -0.2) is 25.7 Å². The highest BCUT2D eigenvalue weighted by molar-refractivity contribution is 5.90. The van der Waals surface area contributed by atoms with Gasteiger partial charge in [-0.15, -0.1) is 0 Å². The monoisotopic (exact) mass is 232 g/mol. The minimum atomic E-state index is 0.588. The summed E-state index contributed by atoms with van der Waals surface area (Å²) < 4.78 is 10.6. The van der Waals surface area contributed by atoms with Gasteiger partial charge in [0, 0.05) is 17.5 Å². The normalized spacial score (nSPS) is 10.5. The van der Waals surface area contributed by atoms with Crippen LogP contribution in [0.15, 0.2) is 24.3 Å². The van der Waals surface area contributed by atoms with Crippen molar-refractivity contribution in [1.29, 1.82) is 0 Å². The molecule has 1 aromatic carbocycles. The SMILES string of the molecule is COc1ccc(OC)c2nc(CCN)ccc12. The predicted molar refractivity (Wildman–Crippen MR) is 67.6 cm³/mol. The van der Waals surface area contributed by atoms with E-state index >= 15 is 0 Å². The van der Waals surface area contributed by atoms with Crippen molar-refractivity contribution in [3.8, 4) is 11.5 Å². The Bertz CT molecular complexity index is 526. The molecule has 0 aliphatic rings. The average Bonchev–Trinajstić information content (AvgIpc) is 2.37. The lowest BCUT2D eigenvalue weighted by molar-refractivity contribution is 0.409. The Morgan fingerprint density at radius 2 is 1.76 bits per heavy atom. The van der Waals surface area contributed by atoms with Crippen LogP contribution in [0.25, 0.3) is 10.9 Å².